The van der Waals surface area contributed by atoms with Crippen LogP contribution >= 0.6 is 0 Å². The summed E-state index contributed by atoms with van der Waals surface area (Å²) in [5.74, 6) is 0.193. The van der Waals surface area contributed by atoms with Crippen LogP contribution in [0, 0.1) is 0 Å². The molecule has 194 valence electrons. The number of benzene rings is 3. The number of anilines is 1. The first-order valence-corrected chi connectivity index (χ1v) is 12.7. The second-order valence-electron chi connectivity index (χ2n) is 10.4. The molecule has 1 atom stereocenters. The Kier molecular flexibility index (Phi) is 7.02. The van der Waals surface area contributed by atoms with Crippen molar-refractivity contribution in [2.75, 3.05) is 4.90 Å². The molecule has 9 nitrogen and oxygen atoms in total. The minimum atomic E-state index is -0.648. The first-order chi connectivity index (χ1) is 18.3. The number of nitrogens with one attached hydrogen (secondary N) is 2. The van der Waals surface area contributed by atoms with E-state index in [1.165, 1.54) is 0 Å². The number of aromatic amines is 1. The Bertz CT molecular complexity index is 1430. The molecule has 1 aliphatic heterocycles. The predicted molar refractivity (Wildman–Crippen MR) is 146 cm³/mol. The minimum absolute atomic E-state index is 0.121. The Morgan fingerprint density at radius 1 is 1.05 bits per heavy atom. The maximum absolute atomic E-state index is 13.7. The summed E-state index contributed by atoms with van der Waals surface area (Å²) in [7, 11) is 0. The number of nitrogens with zero attached hydrogens (tertiary/aromatic N) is 4. The Hall–Kier alpha value is -4.37. The van der Waals surface area contributed by atoms with Crippen molar-refractivity contribution in [1.82, 2.24) is 25.9 Å². The second kappa shape index (κ2) is 10.5. The first-order valence-electron chi connectivity index (χ1n) is 12.7. The summed E-state index contributed by atoms with van der Waals surface area (Å²) in [6.45, 7) is 3.99. The summed E-state index contributed by atoms with van der Waals surface area (Å²) < 4.78 is 0. The molecule has 4 N–H and O–H groups in total. The fourth-order valence-corrected chi connectivity index (χ4v) is 4.85. The van der Waals surface area contributed by atoms with Crippen molar-refractivity contribution in [3.63, 3.8) is 0 Å². The van der Waals surface area contributed by atoms with Gasteiger partial charge < -0.3 is 16.0 Å². The van der Waals surface area contributed by atoms with Gasteiger partial charge in [0, 0.05) is 23.2 Å². The number of amides is 2. The lowest BCUT2D eigenvalue weighted by atomic mass is 9.98. The van der Waals surface area contributed by atoms with Crippen LogP contribution in [0.5, 0.6) is 0 Å². The number of hydrogen-bond acceptors (Lipinski definition) is 6. The topological polar surface area (TPSA) is 130 Å². The van der Waals surface area contributed by atoms with Gasteiger partial charge in [0.2, 0.25) is 17.6 Å². The van der Waals surface area contributed by atoms with E-state index in [2.05, 4.69) is 25.9 Å². The summed E-state index contributed by atoms with van der Waals surface area (Å²) in [5.41, 5.74) is 11.2. The average molecular weight is 510 g/mol. The molecular formula is C29H31N7O2. The molecule has 1 aliphatic rings. The van der Waals surface area contributed by atoms with Crippen LogP contribution < -0.4 is 16.0 Å². The molecule has 0 bridgehead atoms. The van der Waals surface area contributed by atoms with E-state index in [4.69, 9.17) is 5.73 Å². The molecule has 0 saturated heterocycles. The Balaban J connectivity index is 1.40. The lowest BCUT2D eigenvalue weighted by Crippen LogP contribution is -2.49. The molecule has 0 fully saturated rings. The third-order valence-electron chi connectivity index (χ3n) is 6.62. The lowest BCUT2D eigenvalue weighted by molar-refractivity contribution is -0.128. The third kappa shape index (κ3) is 5.63. The van der Waals surface area contributed by atoms with Gasteiger partial charge in [0.05, 0.1) is 6.54 Å². The van der Waals surface area contributed by atoms with E-state index in [0.29, 0.717) is 25.2 Å². The molecule has 0 aliphatic carbocycles. The Labute approximate surface area is 221 Å². The number of aromatic nitrogens is 4. The highest BCUT2D eigenvalue weighted by molar-refractivity contribution is 6.00. The van der Waals surface area contributed by atoms with Crippen LogP contribution in [0.3, 0.4) is 0 Å². The van der Waals surface area contributed by atoms with Crippen molar-refractivity contribution in [3.05, 3.63) is 83.9 Å². The van der Waals surface area contributed by atoms with Gasteiger partial charge in [0.1, 0.15) is 6.04 Å². The van der Waals surface area contributed by atoms with Crippen LogP contribution in [0.25, 0.3) is 22.5 Å². The fourth-order valence-electron chi connectivity index (χ4n) is 4.85. The van der Waals surface area contributed by atoms with Gasteiger partial charge in [0.15, 0.2) is 0 Å². The van der Waals surface area contributed by atoms with Crippen molar-refractivity contribution in [2.24, 2.45) is 5.73 Å². The lowest BCUT2D eigenvalue weighted by Gasteiger charge is -2.27. The molecule has 4 aromatic rings. The highest BCUT2D eigenvalue weighted by atomic mass is 16.2. The van der Waals surface area contributed by atoms with Crippen LogP contribution in [-0.2, 0) is 22.6 Å². The smallest absolute Gasteiger partial charge is 0.249 e. The van der Waals surface area contributed by atoms with E-state index in [1.807, 2.05) is 72.8 Å². The molecule has 1 aromatic heterocycles. The summed E-state index contributed by atoms with van der Waals surface area (Å²) in [4.78, 5) is 28.1. The zero-order chi connectivity index (χ0) is 26.7. The van der Waals surface area contributed by atoms with Gasteiger partial charge in [-0.05, 0) is 60.2 Å². The standard InChI is InChI=1S/C29H31N7O2/c1-29(2,30)17-26(37)31-24-16-15-21-7-3-6-10-25(21)36(28(24)38)18-19-11-13-20(14-12-19)22-8-4-5-9-23(22)27-32-34-35-33-27/h3-14,24H,15-18,30H2,1-2H3,(H,31,37)(H,32,33,34,35)/t24-/m1/s1. The van der Waals surface area contributed by atoms with Gasteiger partial charge in [-0.2, -0.15) is 5.21 Å². The molecule has 3 aromatic carbocycles. The fraction of sp³-hybridized carbons (Fsp3) is 0.276. The van der Waals surface area contributed by atoms with Crippen LogP contribution in [-0.4, -0.2) is 44.0 Å². The number of carbonyl (C=O) groups is 2. The number of nitrogens with two attached hydrogens (primary N) is 1. The van der Waals surface area contributed by atoms with Crippen molar-refractivity contribution in [2.45, 2.75) is 51.2 Å². The summed E-state index contributed by atoms with van der Waals surface area (Å²) in [6.07, 6.45) is 1.38. The first kappa shape index (κ1) is 25.3. The van der Waals surface area contributed by atoms with Crippen molar-refractivity contribution in [1.29, 1.82) is 0 Å². The number of rotatable bonds is 7. The van der Waals surface area contributed by atoms with E-state index in [-0.39, 0.29) is 18.2 Å². The van der Waals surface area contributed by atoms with Gasteiger partial charge >= 0.3 is 0 Å². The van der Waals surface area contributed by atoms with Crippen LogP contribution in [0.4, 0.5) is 5.69 Å². The molecule has 5 rings (SSSR count). The SMILES string of the molecule is CC(C)(N)CC(=O)N[C@@H]1CCc2ccccc2N(Cc2ccc(-c3ccccc3-c3nn[nH]n3)cc2)C1=O. The third-order valence-corrected chi connectivity index (χ3v) is 6.62. The van der Waals surface area contributed by atoms with Crippen LogP contribution in [0.1, 0.15) is 37.8 Å². The molecule has 2 amide bonds. The van der Waals surface area contributed by atoms with E-state index in [0.717, 1.165) is 33.5 Å². The predicted octanol–water partition coefficient (Wildman–Crippen LogP) is 3.63. The number of para-hydroxylation sites is 1. The Morgan fingerprint density at radius 2 is 1.76 bits per heavy atom. The van der Waals surface area contributed by atoms with Crippen molar-refractivity contribution >= 4 is 17.5 Å². The van der Waals surface area contributed by atoms with E-state index >= 15 is 0 Å². The highest BCUT2D eigenvalue weighted by Gasteiger charge is 2.32. The summed E-state index contributed by atoms with van der Waals surface area (Å²) >= 11 is 0. The van der Waals surface area contributed by atoms with Gasteiger partial charge in [-0.15, -0.1) is 10.2 Å². The number of aryl methyl sites for hydroxylation is 1. The number of H-pyrrole nitrogens is 1. The number of carbonyl (C=O) groups excluding carboxylic acids is 2. The molecule has 0 radical (unpaired) electrons. The highest BCUT2D eigenvalue weighted by Crippen LogP contribution is 2.32. The molecule has 0 unspecified atom stereocenters. The normalized spacial score (nSPS) is 15.6. The van der Waals surface area contributed by atoms with Gasteiger partial charge in [-0.1, -0.05) is 66.7 Å². The van der Waals surface area contributed by atoms with E-state index in [1.54, 1.807) is 18.7 Å². The largest absolute Gasteiger partial charge is 0.344 e. The monoisotopic (exact) mass is 509 g/mol. The molecule has 0 spiro atoms. The summed E-state index contributed by atoms with van der Waals surface area (Å²) in [6, 6.07) is 23.3. The zero-order valence-corrected chi connectivity index (χ0v) is 21.5. The Morgan fingerprint density at radius 3 is 2.47 bits per heavy atom. The maximum atomic E-state index is 13.7. The molecular weight excluding hydrogens is 478 g/mol. The summed E-state index contributed by atoms with van der Waals surface area (Å²) in [5, 5.41) is 17.4. The number of fused-ring (bicyclic) bond motifs is 1. The van der Waals surface area contributed by atoms with Gasteiger partial charge in [-0.25, -0.2) is 0 Å². The number of tetrazole rings is 1. The molecule has 0 saturated carbocycles. The van der Waals surface area contributed by atoms with Crippen molar-refractivity contribution in [3.8, 4) is 22.5 Å². The van der Waals surface area contributed by atoms with Crippen LogP contribution in [0.2, 0.25) is 0 Å². The van der Waals surface area contributed by atoms with Crippen LogP contribution in [0.15, 0.2) is 72.8 Å². The molecule has 2 heterocycles. The molecule has 9 heteroatoms. The van der Waals surface area contributed by atoms with E-state index in [9.17, 15) is 9.59 Å². The second-order valence-corrected chi connectivity index (χ2v) is 10.4. The quantitative estimate of drug-likeness (QED) is 0.349. The number of hydrogen-bond donors (Lipinski definition) is 3. The van der Waals surface area contributed by atoms with Gasteiger partial charge in [-0.3, -0.25) is 9.59 Å². The molecule has 38 heavy (non-hydrogen) atoms. The van der Waals surface area contributed by atoms with Gasteiger partial charge in [0.25, 0.3) is 0 Å². The minimum Gasteiger partial charge on any atom is -0.344 e. The average Bonchev–Trinajstić information content (AvgIpc) is 3.40. The van der Waals surface area contributed by atoms with E-state index < -0.39 is 11.6 Å². The van der Waals surface area contributed by atoms with Crippen molar-refractivity contribution < 1.29 is 9.59 Å². The zero-order valence-electron chi connectivity index (χ0n) is 21.5. The maximum Gasteiger partial charge on any atom is 0.249 e.